The van der Waals surface area contributed by atoms with Gasteiger partial charge in [-0.1, -0.05) is 24.3 Å². The van der Waals surface area contributed by atoms with Crippen LogP contribution in [0.1, 0.15) is 22.8 Å². The molecule has 1 unspecified atom stereocenters. The Balaban J connectivity index is 2.56. The lowest BCUT2D eigenvalue weighted by molar-refractivity contribution is 0.208. The first-order chi connectivity index (χ1) is 8.52. The Morgan fingerprint density at radius 2 is 1.78 bits per heavy atom. The molecule has 0 saturated heterocycles. The zero-order valence-corrected chi connectivity index (χ0v) is 11.2. The summed E-state index contributed by atoms with van der Waals surface area (Å²) in [5.74, 6) is -1.53. The number of rotatable bonds is 2. The van der Waals surface area contributed by atoms with E-state index in [1.807, 2.05) is 0 Å². The van der Waals surface area contributed by atoms with Gasteiger partial charge in [-0.25, -0.2) is 8.78 Å². The maximum atomic E-state index is 13.9. The topological polar surface area (TPSA) is 20.2 Å². The van der Waals surface area contributed by atoms with Crippen LogP contribution in [-0.4, -0.2) is 5.11 Å². The van der Waals surface area contributed by atoms with Gasteiger partial charge in [0.05, 0.1) is 10.0 Å². The van der Waals surface area contributed by atoms with E-state index < -0.39 is 17.7 Å². The third-order valence-corrected chi connectivity index (χ3v) is 3.45. The second-order valence-electron chi connectivity index (χ2n) is 4.02. The lowest BCUT2D eigenvalue weighted by Gasteiger charge is -2.16. The van der Waals surface area contributed by atoms with Crippen LogP contribution in [0.2, 0.25) is 0 Å². The van der Waals surface area contributed by atoms with E-state index in [1.54, 1.807) is 31.2 Å². The van der Waals surface area contributed by atoms with Gasteiger partial charge >= 0.3 is 0 Å². The number of aryl methyl sites for hydroxylation is 1. The normalized spacial score (nSPS) is 12.5. The summed E-state index contributed by atoms with van der Waals surface area (Å²) in [7, 11) is 0. The molecule has 0 aliphatic rings. The second-order valence-corrected chi connectivity index (χ2v) is 4.87. The van der Waals surface area contributed by atoms with Crippen LogP contribution in [0.25, 0.3) is 0 Å². The molecule has 0 bridgehead atoms. The number of halogens is 3. The Bertz CT molecular complexity index is 584. The number of hydrogen-bond acceptors (Lipinski definition) is 1. The van der Waals surface area contributed by atoms with Gasteiger partial charge in [0.15, 0.2) is 0 Å². The summed E-state index contributed by atoms with van der Waals surface area (Å²) in [6.07, 6.45) is -1.32. The minimum Gasteiger partial charge on any atom is -0.383 e. The van der Waals surface area contributed by atoms with Crippen molar-refractivity contribution in [3.63, 3.8) is 0 Å². The summed E-state index contributed by atoms with van der Waals surface area (Å²) in [6, 6.07) is 9.37. The smallest absolute Gasteiger partial charge is 0.146 e. The molecule has 0 heterocycles. The Morgan fingerprint density at radius 3 is 2.44 bits per heavy atom. The summed E-state index contributed by atoms with van der Waals surface area (Å²) in [5, 5.41) is 10.2. The minimum atomic E-state index is -1.32. The van der Waals surface area contributed by atoms with Crippen molar-refractivity contribution >= 4 is 15.9 Å². The van der Waals surface area contributed by atoms with Gasteiger partial charge in [0, 0.05) is 0 Å². The number of hydrogen-bond donors (Lipinski definition) is 1. The summed E-state index contributed by atoms with van der Waals surface area (Å²) in [5.41, 5.74) is 0.941. The Labute approximate surface area is 112 Å². The van der Waals surface area contributed by atoms with Crippen LogP contribution in [0.5, 0.6) is 0 Å². The highest BCUT2D eigenvalue weighted by molar-refractivity contribution is 9.10. The number of benzene rings is 2. The van der Waals surface area contributed by atoms with Gasteiger partial charge < -0.3 is 5.11 Å². The summed E-state index contributed by atoms with van der Waals surface area (Å²) >= 11 is 2.99. The van der Waals surface area contributed by atoms with Crippen molar-refractivity contribution in [3.05, 3.63) is 69.2 Å². The van der Waals surface area contributed by atoms with Crippen LogP contribution < -0.4 is 0 Å². The van der Waals surface area contributed by atoms with Crippen molar-refractivity contribution in [1.82, 2.24) is 0 Å². The molecule has 0 fully saturated rings. The Kier molecular flexibility index (Phi) is 3.78. The average Bonchev–Trinajstić information content (AvgIpc) is 2.35. The lowest BCUT2D eigenvalue weighted by Crippen LogP contribution is -2.07. The van der Waals surface area contributed by atoms with E-state index in [2.05, 4.69) is 15.9 Å². The average molecular weight is 313 g/mol. The van der Waals surface area contributed by atoms with Crippen molar-refractivity contribution < 1.29 is 13.9 Å². The van der Waals surface area contributed by atoms with E-state index in [4.69, 9.17) is 0 Å². The van der Waals surface area contributed by atoms with Crippen molar-refractivity contribution in [1.29, 1.82) is 0 Å². The predicted molar refractivity (Wildman–Crippen MR) is 69.3 cm³/mol. The molecule has 0 aromatic heterocycles. The molecular weight excluding hydrogens is 302 g/mol. The summed E-state index contributed by atoms with van der Waals surface area (Å²) in [4.78, 5) is 0. The van der Waals surface area contributed by atoms with E-state index in [9.17, 15) is 13.9 Å². The summed E-state index contributed by atoms with van der Waals surface area (Å²) in [6.45, 7) is 1.78. The molecule has 1 N–H and O–H groups in total. The van der Waals surface area contributed by atoms with Crippen molar-refractivity contribution in [2.24, 2.45) is 0 Å². The van der Waals surface area contributed by atoms with Gasteiger partial charge in [-0.3, -0.25) is 0 Å². The Hall–Kier alpha value is -1.26. The molecule has 0 radical (unpaired) electrons. The first-order valence-corrected chi connectivity index (χ1v) is 6.18. The SMILES string of the molecule is Cc1ccccc1C(O)c1c(F)ccc(Br)c1F. The number of aliphatic hydroxyl groups excluding tert-OH is 1. The van der Waals surface area contributed by atoms with Crippen LogP contribution in [0, 0.1) is 18.6 Å². The first-order valence-electron chi connectivity index (χ1n) is 5.39. The van der Waals surface area contributed by atoms with Crippen LogP contribution in [-0.2, 0) is 0 Å². The molecule has 0 aliphatic carbocycles. The fourth-order valence-electron chi connectivity index (χ4n) is 1.84. The predicted octanol–water partition coefficient (Wildman–Crippen LogP) is 4.12. The van der Waals surface area contributed by atoms with Crippen molar-refractivity contribution in [2.45, 2.75) is 13.0 Å². The van der Waals surface area contributed by atoms with Crippen molar-refractivity contribution in [3.8, 4) is 0 Å². The fourth-order valence-corrected chi connectivity index (χ4v) is 2.19. The maximum absolute atomic E-state index is 13.9. The monoisotopic (exact) mass is 312 g/mol. The molecule has 2 rings (SSSR count). The largest absolute Gasteiger partial charge is 0.383 e. The standard InChI is InChI=1S/C14H11BrF2O/c1-8-4-2-3-5-9(8)14(18)12-11(16)7-6-10(15)13(12)17/h2-7,14,18H,1H3. The van der Waals surface area contributed by atoms with E-state index in [0.717, 1.165) is 11.6 Å². The van der Waals surface area contributed by atoms with E-state index in [1.165, 1.54) is 6.07 Å². The van der Waals surface area contributed by atoms with E-state index in [-0.39, 0.29) is 10.0 Å². The van der Waals surface area contributed by atoms with Gasteiger partial charge in [-0.15, -0.1) is 0 Å². The molecule has 0 amide bonds. The van der Waals surface area contributed by atoms with Crippen LogP contribution in [0.3, 0.4) is 0 Å². The van der Waals surface area contributed by atoms with Crippen LogP contribution in [0.15, 0.2) is 40.9 Å². The highest BCUT2D eigenvalue weighted by Crippen LogP contribution is 2.31. The van der Waals surface area contributed by atoms with Crippen LogP contribution in [0.4, 0.5) is 8.78 Å². The molecule has 0 spiro atoms. The fraction of sp³-hybridized carbons (Fsp3) is 0.143. The lowest BCUT2D eigenvalue weighted by atomic mass is 9.97. The molecule has 94 valence electrons. The molecular formula is C14H11BrF2O. The third-order valence-electron chi connectivity index (χ3n) is 2.84. The number of aliphatic hydroxyl groups is 1. The molecule has 18 heavy (non-hydrogen) atoms. The van der Waals surface area contributed by atoms with Crippen LogP contribution >= 0.6 is 15.9 Å². The Morgan fingerprint density at radius 1 is 1.11 bits per heavy atom. The van der Waals surface area contributed by atoms with Gasteiger partial charge in [0.25, 0.3) is 0 Å². The van der Waals surface area contributed by atoms with Gasteiger partial charge in [-0.05, 0) is 46.1 Å². The molecule has 1 atom stereocenters. The quantitative estimate of drug-likeness (QED) is 0.827. The molecule has 2 aromatic rings. The zero-order chi connectivity index (χ0) is 13.3. The highest BCUT2D eigenvalue weighted by atomic mass is 79.9. The van der Waals surface area contributed by atoms with Gasteiger partial charge in [-0.2, -0.15) is 0 Å². The van der Waals surface area contributed by atoms with Gasteiger partial charge in [0.1, 0.15) is 17.7 Å². The molecule has 2 aromatic carbocycles. The van der Waals surface area contributed by atoms with Gasteiger partial charge in [0.2, 0.25) is 0 Å². The molecule has 1 nitrogen and oxygen atoms in total. The molecule has 0 saturated carbocycles. The second kappa shape index (κ2) is 5.16. The third kappa shape index (κ3) is 2.31. The minimum absolute atomic E-state index is 0.131. The zero-order valence-electron chi connectivity index (χ0n) is 9.62. The van der Waals surface area contributed by atoms with E-state index in [0.29, 0.717) is 5.56 Å². The van der Waals surface area contributed by atoms with E-state index >= 15 is 0 Å². The highest BCUT2D eigenvalue weighted by Gasteiger charge is 2.22. The van der Waals surface area contributed by atoms with Crippen molar-refractivity contribution in [2.75, 3.05) is 0 Å². The molecule has 4 heteroatoms. The summed E-state index contributed by atoms with van der Waals surface area (Å²) < 4.78 is 27.7. The molecule has 0 aliphatic heterocycles. The maximum Gasteiger partial charge on any atom is 0.146 e. The first kappa shape index (κ1) is 13.2.